The Morgan fingerprint density at radius 2 is 2.35 bits per heavy atom. The van der Waals surface area contributed by atoms with Crippen LogP contribution in [0.15, 0.2) is 27.5 Å². The van der Waals surface area contributed by atoms with Crippen LogP contribution in [-0.4, -0.2) is 40.3 Å². The maximum Gasteiger partial charge on any atom is 0.460 e. The minimum Gasteiger partial charge on any atom is -0.436 e. The summed E-state index contributed by atoms with van der Waals surface area (Å²) in [6, 6.07) is 1.61. The van der Waals surface area contributed by atoms with Gasteiger partial charge in [0, 0.05) is 19.2 Å². The Balaban J connectivity index is 1.97. The third-order valence-corrected chi connectivity index (χ3v) is 3.14. The first kappa shape index (κ1) is 14.6. The molecule has 2 aromatic rings. The number of ether oxygens (including phenoxy) is 1. The summed E-state index contributed by atoms with van der Waals surface area (Å²) in [6.07, 6.45) is 9.19. The minimum absolute atomic E-state index is 0.0105. The van der Waals surface area contributed by atoms with E-state index in [-0.39, 0.29) is 18.2 Å². The van der Waals surface area contributed by atoms with Crippen molar-refractivity contribution in [2.45, 2.75) is 6.42 Å². The van der Waals surface area contributed by atoms with E-state index in [0.717, 1.165) is 17.5 Å². The van der Waals surface area contributed by atoms with E-state index in [9.17, 15) is 9.59 Å². The van der Waals surface area contributed by atoms with E-state index < -0.39 is 11.8 Å². The smallest absolute Gasteiger partial charge is 0.436 e. The Bertz CT molecular complexity index is 860. The standard InChI is InChI=1S/C14H13N5O4/c1-2-8-22-13(20)17-12-15-10(18-6-4-3-5-7-18)9-11-16-14(21)23-19(11)12/h1,3-4,9H,5-8H2,(H,15,17,20). The molecule has 9 nitrogen and oxygen atoms in total. The lowest BCUT2D eigenvalue weighted by Crippen LogP contribution is -2.28. The van der Waals surface area contributed by atoms with Crippen LogP contribution in [0, 0.1) is 12.3 Å². The SMILES string of the molecule is C#CCOC(=O)Nc1nc(N2CC=CCC2)cc2nc(=O)on12. The number of hydrogen-bond donors (Lipinski definition) is 1. The zero-order valence-electron chi connectivity index (χ0n) is 12.1. The van der Waals surface area contributed by atoms with Crippen molar-refractivity contribution >= 4 is 23.5 Å². The zero-order valence-corrected chi connectivity index (χ0v) is 12.1. The van der Waals surface area contributed by atoms with Crippen molar-refractivity contribution in [1.29, 1.82) is 0 Å². The topological polar surface area (TPSA) is 102 Å². The molecular formula is C14H13N5O4. The fraction of sp³-hybridized carbons (Fsp3) is 0.286. The Hall–Kier alpha value is -3.28. The summed E-state index contributed by atoms with van der Waals surface area (Å²) in [5.74, 6) is 1.94. The van der Waals surface area contributed by atoms with Gasteiger partial charge in [-0.2, -0.15) is 9.97 Å². The van der Waals surface area contributed by atoms with Gasteiger partial charge in [0.05, 0.1) is 0 Å². The highest BCUT2D eigenvalue weighted by Gasteiger charge is 2.17. The summed E-state index contributed by atoms with van der Waals surface area (Å²) >= 11 is 0. The second-order valence-corrected chi connectivity index (χ2v) is 4.67. The normalized spacial score (nSPS) is 13.8. The molecule has 0 aromatic carbocycles. The van der Waals surface area contributed by atoms with Crippen molar-refractivity contribution in [2.24, 2.45) is 0 Å². The van der Waals surface area contributed by atoms with E-state index in [0.29, 0.717) is 12.4 Å². The molecular weight excluding hydrogens is 302 g/mol. The molecule has 0 saturated heterocycles. The number of anilines is 2. The minimum atomic E-state index is -0.802. The first-order chi connectivity index (χ1) is 11.2. The van der Waals surface area contributed by atoms with Crippen LogP contribution >= 0.6 is 0 Å². The molecule has 0 aliphatic carbocycles. The van der Waals surface area contributed by atoms with Gasteiger partial charge in [0.1, 0.15) is 5.82 Å². The number of carbonyl (C=O) groups excluding carboxylic acids is 1. The molecule has 0 spiro atoms. The third-order valence-electron chi connectivity index (χ3n) is 3.14. The Morgan fingerprint density at radius 1 is 1.48 bits per heavy atom. The van der Waals surface area contributed by atoms with Crippen LogP contribution < -0.4 is 16.0 Å². The summed E-state index contributed by atoms with van der Waals surface area (Å²) in [6.45, 7) is 1.26. The molecule has 0 radical (unpaired) electrons. The van der Waals surface area contributed by atoms with Gasteiger partial charge in [0.15, 0.2) is 12.3 Å². The number of aromatic nitrogens is 3. The van der Waals surface area contributed by atoms with Crippen LogP contribution in [0.4, 0.5) is 16.6 Å². The lowest BCUT2D eigenvalue weighted by atomic mass is 10.2. The lowest BCUT2D eigenvalue weighted by Gasteiger charge is -2.24. The van der Waals surface area contributed by atoms with E-state index in [2.05, 4.69) is 27.3 Å². The van der Waals surface area contributed by atoms with Crippen LogP contribution in [0.3, 0.4) is 0 Å². The Kier molecular flexibility index (Phi) is 3.97. The number of nitrogens with zero attached hydrogens (tertiary/aromatic N) is 4. The summed E-state index contributed by atoms with van der Waals surface area (Å²) < 4.78 is 10.7. The predicted octanol–water partition coefficient (Wildman–Crippen LogP) is 0.630. The Morgan fingerprint density at radius 3 is 3.09 bits per heavy atom. The van der Waals surface area contributed by atoms with Gasteiger partial charge < -0.3 is 14.2 Å². The molecule has 1 aliphatic heterocycles. The maximum absolute atomic E-state index is 11.7. The maximum atomic E-state index is 11.7. The number of carbonyl (C=O) groups is 1. The second kappa shape index (κ2) is 6.23. The van der Waals surface area contributed by atoms with Gasteiger partial charge >= 0.3 is 11.8 Å². The molecule has 0 unspecified atom stereocenters. The van der Waals surface area contributed by atoms with Gasteiger partial charge in [-0.1, -0.05) is 18.1 Å². The van der Waals surface area contributed by atoms with E-state index in [1.807, 2.05) is 11.0 Å². The summed E-state index contributed by atoms with van der Waals surface area (Å²) in [5.41, 5.74) is 0.238. The van der Waals surface area contributed by atoms with Gasteiger partial charge in [0.25, 0.3) is 5.95 Å². The monoisotopic (exact) mass is 315 g/mol. The molecule has 1 N–H and O–H groups in total. The average Bonchev–Trinajstić information content (AvgIpc) is 2.94. The second-order valence-electron chi connectivity index (χ2n) is 4.67. The van der Waals surface area contributed by atoms with Crippen molar-refractivity contribution in [1.82, 2.24) is 14.5 Å². The molecule has 1 aliphatic rings. The quantitative estimate of drug-likeness (QED) is 0.654. The molecule has 0 bridgehead atoms. The number of hydrogen-bond acceptors (Lipinski definition) is 7. The average molecular weight is 315 g/mol. The first-order valence-corrected chi connectivity index (χ1v) is 6.85. The van der Waals surface area contributed by atoms with Crippen molar-refractivity contribution in [3.8, 4) is 12.3 Å². The molecule has 0 fully saturated rings. The van der Waals surface area contributed by atoms with E-state index in [4.69, 9.17) is 15.7 Å². The molecule has 0 atom stereocenters. The number of terminal acetylenes is 1. The molecule has 118 valence electrons. The van der Waals surface area contributed by atoms with Crippen LogP contribution in [0.25, 0.3) is 5.65 Å². The molecule has 3 rings (SSSR count). The van der Waals surface area contributed by atoms with E-state index in [1.54, 1.807) is 6.07 Å². The van der Waals surface area contributed by atoms with Crippen LogP contribution in [0.5, 0.6) is 0 Å². The van der Waals surface area contributed by atoms with E-state index >= 15 is 0 Å². The summed E-state index contributed by atoms with van der Waals surface area (Å²) in [4.78, 5) is 33.0. The molecule has 3 heterocycles. The van der Waals surface area contributed by atoms with Gasteiger partial charge in [-0.15, -0.1) is 11.0 Å². The molecule has 0 saturated carbocycles. The van der Waals surface area contributed by atoms with Gasteiger partial charge in [-0.05, 0) is 6.42 Å². The molecule has 1 amide bonds. The number of amides is 1. The highest BCUT2D eigenvalue weighted by molar-refractivity contribution is 5.83. The summed E-state index contributed by atoms with van der Waals surface area (Å²) in [7, 11) is 0. The predicted molar refractivity (Wildman–Crippen MR) is 81.3 cm³/mol. The third kappa shape index (κ3) is 3.16. The van der Waals surface area contributed by atoms with Gasteiger partial charge in [0.2, 0.25) is 0 Å². The van der Waals surface area contributed by atoms with Crippen molar-refractivity contribution in [3.63, 3.8) is 0 Å². The molecule has 23 heavy (non-hydrogen) atoms. The zero-order chi connectivity index (χ0) is 16.2. The summed E-state index contributed by atoms with van der Waals surface area (Å²) in [5, 5.41) is 2.39. The largest absolute Gasteiger partial charge is 0.460 e. The highest BCUT2D eigenvalue weighted by atomic mass is 16.6. The van der Waals surface area contributed by atoms with Crippen molar-refractivity contribution in [3.05, 3.63) is 28.8 Å². The van der Waals surface area contributed by atoms with Crippen LogP contribution in [-0.2, 0) is 4.74 Å². The molecule has 9 heteroatoms. The highest BCUT2D eigenvalue weighted by Crippen LogP contribution is 2.19. The number of nitrogens with one attached hydrogen (secondary N) is 1. The van der Waals surface area contributed by atoms with Crippen molar-refractivity contribution in [2.75, 3.05) is 29.9 Å². The number of fused-ring (bicyclic) bond motifs is 1. The van der Waals surface area contributed by atoms with Crippen LogP contribution in [0.1, 0.15) is 6.42 Å². The Labute approximate surface area is 130 Å². The van der Waals surface area contributed by atoms with E-state index in [1.165, 1.54) is 0 Å². The van der Waals surface area contributed by atoms with Crippen LogP contribution in [0.2, 0.25) is 0 Å². The first-order valence-electron chi connectivity index (χ1n) is 6.85. The fourth-order valence-corrected chi connectivity index (χ4v) is 2.15. The molecule has 2 aromatic heterocycles. The number of rotatable bonds is 3. The fourth-order valence-electron chi connectivity index (χ4n) is 2.15. The van der Waals surface area contributed by atoms with Crippen molar-refractivity contribution < 1.29 is 14.1 Å². The lowest BCUT2D eigenvalue weighted by molar-refractivity contribution is 0.175. The van der Waals surface area contributed by atoms with Gasteiger partial charge in [-0.25, -0.2) is 9.59 Å². The van der Waals surface area contributed by atoms with Gasteiger partial charge in [-0.3, -0.25) is 5.32 Å².